The number of hydrogen-bond donors (Lipinski definition) is 3. The van der Waals surface area contributed by atoms with Gasteiger partial charge in [-0.2, -0.15) is 0 Å². The molecule has 4 nitrogen and oxygen atoms in total. The summed E-state index contributed by atoms with van der Waals surface area (Å²) in [5.41, 5.74) is 0. The normalized spacial score (nSPS) is 16.8. The van der Waals surface area contributed by atoms with Crippen LogP contribution in [0.1, 0.15) is 6.42 Å². The zero-order chi connectivity index (χ0) is 7.28. The molecule has 0 spiro atoms. The van der Waals surface area contributed by atoms with Gasteiger partial charge in [0.25, 0.3) is 0 Å². The minimum atomic E-state index is -1.20. The summed E-state index contributed by atoms with van der Waals surface area (Å²) in [5, 5.41) is 25.5. The molecule has 0 aromatic rings. The fourth-order valence-corrected chi connectivity index (χ4v) is 0.377. The van der Waals surface area contributed by atoms with E-state index < -0.39 is 18.8 Å². The van der Waals surface area contributed by atoms with Gasteiger partial charge in [-0.1, -0.05) is 0 Å². The molecule has 0 radical (unpaired) electrons. The van der Waals surface area contributed by atoms with Crippen molar-refractivity contribution in [3.63, 3.8) is 0 Å². The molecule has 0 amide bonds. The maximum atomic E-state index is 9.68. The quantitative estimate of drug-likeness (QED) is 0.317. The van der Waals surface area contributed by atoms with Gasteiger partial charge in [0.05, 0.1) is 12.7 Å². The van der Waals surface area contributed by atoms with Gasteiger partial charge in [-0.15, -0.1) is 0 Å². The number of hydrogen-bond acceptors (Lipinski definition) is 4. The van der Waals surface area contributed by atoms with E-state index in [0.29, 0.717) is 6.29 Å². The van der Waals surface area contributed by atoms with Gasteiger partial charge in [0, 0.05) is 6.42 Å². The number of aliphatic hydroxyl groups is 3. The monoisotopic (exact) mass is 135 g/mol. The van der Waals surface area contributed by atoms with E-state index in [4.69, 9.17) is 15.3 Å². The van der Waals surface area contributed by atoms with Crippen LogP contribution in [-0.4, -0.2) is 40.4 Å². The standard InChI is InChI=1S/C5H10O4/c6-2-1-4(8)5(9)3-7/h2,4-5,7-9H,1,3H2/t4-,5+/m0/s1/i3+1. The number of aliphatic hydroxyl groups excluding tert-OH is 3. The van der Waals surface area contributed by atoms with Crippen molar-refractivity contribution in [1.29, 1.82) is 0 Å². The van der Waals surface area contributed by atoms with Crippen molar-refractivity contribution in [3.05, 3.63) is 0 Å². The zero-order valence-corrected chi connectivity index (χ0v) is 4.90. The number of carbonyl (C=O) groups is 1. The van der Waals surface area contributed by atoms with Crippen LogP contribution in [0.4, 0.5) is 0 Å². The highest BCUT2D eigenvalue weighted by Gasteiger charge is 2.13. The fraction of sp³-hybridized carbons (Fsp3) is 0.800. The smallest absolute Gasteiger partial charge is 0.122 e. The topological polar surface area (TPSA) is 77.8 Å². The number of carbonyl (C=O) groups excluding carboxylic acids is 1. The Morgan fingerprint density at radius 2 is 1.89 bits per heavy atom. The Kier molecular flexibility index (Phi) is 4.21. The maximum Gasteiger partial charge on any atom is 0.122 e. The third-order valence-corrected chi connectivity index (χ3v) is 0.969. The first-order valence-electron chi connectivity index (χ1n) is 2.63. The highest BCUT2D eigenvalue weighted by molar-refractivity contribution is 5.50. The number of rotatable bonds is 4. The molecule has 0 bridgehead atoms. The molecule has 0 saturated carbocycles. The molecule has 0 saturated heterocycles. The Balaban J connectivity index is 3.44. The molecular weight excluding hydrogens is 125 g/mol. The third kappa shape index (κ3) is 3.18. The van der Waals surface area contributed by atoms with Gasteiger partial charge in [-0.3, -0.25) is 0 Å². The van der Waals surface area contributed by atoms with E-state index in [0.717, 1.165) is 0 Å². The summed E-state index contributed by atoms with van der Waals surface area (Å²) >= 11 is 0. The highest BCUT2D eigenvalue weighted by Crippen LogP contribution is 1.94. The molecule has 54 valence electrons. The molecule has 9 heavy (non-hydrogen) atoms. The first-order chi connectivity index (χ1) is 4.22. The van der Waals surface area contributed by atoms with Crippen LogP contribution in [0.25, 0.3) is 0 Å². The van der Waals surface area contributed by atoms with Gasteiger partial charge in [-0.05, 0) is 0 Å². The van der Waals surface area contributed by atoms with E-state index in [1.807, 2.05) is 0 Å². The van der Waals surface area contributed by atoms with Crippen LogP contribution >= 0.6 is 0 Å². The third-order valence-electron chi connectivity index (χ3n) is 0.969. The van der Waals surface area contributed by atoms with Crippen molar-refractivity contribution < 1.29 is 20.1 Å². The van der Waals surface area contributed by atoms with Crippen molar-refractivity contribution in [2.75, 3.05) is 6.61 Å². The molecule has 0 aliphatic heterocycles. The van der Waals surface area contributed by atoms with E-state index in [2.05, 4.69) is 0 Å². The van der Waals surface area contributed by atoms with E-state index in [-0.39, 0.29) is 6.42 Å². The van der Waals surface area contributed by atoms with Crippen molar-refractivity contribution in [1.82, 2.24) is 0 Å². The molecule has 0 aromatic carbocycles. The Labute approximate surface area is 52.7 Å². The molecule has 0 rings (SSSR count). The molecule has 4 heteroatoms. The lowest BCUT2D eigenvalue weighted by atomic mass is 10.2. The van der Waals surface area contributed by atoms with Crippen LogP contribution < -0.4 is 0 Å². The van der Waals surface area contributed by atoms with Crippen LogP contribution in [-0.2, 0) is 4.79 Å². The zero-order valence-electron chi connectivity index (χ0n) is 4.90. The average molecular weight is 135 g/mol. The van der Waals surface area contributed by atoms with Gasteiger partial charge in [-0.25, -0.2) is 0 Å². The second-order valence-electron chi connectivity index (χ2n) is 1.72. The summed E-state index contributed by atoms with van der Waals surface area (Å²) in [6.45, 7) is -0.519. The Morgan fingerprint density at radius 3 is 2.22 bits per heavy atom. The maximum absolute atomic E-state index is 9.68. The molecule has 3 N–H and O–H groups in total. The van der Waals surface area contributed by atoms with Crippen LogP contribution in [0, 0.1) is 0 Å². The van der Waals surface area contributed by atoms with Crippen molar-refractivity contribution in [3.8, 4) is 0 Å². The second-order valence-corrected chi connectivity index (χ2v) is 1.72. The summed E-state index contributed by atoms with van der Waals surface area (Å²) in [4.78, 5) is 9.68. The average Bonchev–Trinajstić information content (AvgIpc) is 1.87. The second kappa shape index (κ2) is 4.43. The van der Waals surface area contributed by atoms with Crippen molar-refractivity contribution in [2.45, 2.75) is 18.6 Å². The van der Waals surface area contributed by atoms with Crippen molar-refractivity contribution in [2.24, 2.45) is 0 Å². The van der Waals surface area contributed by atoms with Crippen LogP contribution in [0.3, 0.4) is 0 Å². The lowest BCUT2D eigenvalue weighted by molar-refractivity contribution is -0.111. The van der Waals surface area contributed by atoms with Crippen LogP contribution in [0.15, 0.2) is 0 Å². The summed E-state index contributed by atoms with van der Waals surface area (Å²) in [6, 6.07) is 0. The summed E-state index contributed by atoms with van der Waals surface area (Å²) in [5.74, 6) is 0. The summed E-state index contributed by atoms with van der Waals surface area (Å²) < 4.78 is 0. The fourth-order valence-electron chi connectivity index (χ4n) is 0.377. The lowest BCUT2D eigenvalue weighted by Gasteiger charge is -2.11. The largest absolute Gasteiger partial charge is 0.394 e. The minimum absolute atomic E-state index is 0.137. The summed E-state index contributed by atoms with van der Waals surface area (Å²) in [6.07, 6.45) is -1.98. The minimum Gasteiger partial charge on any atom is -0.394 e. The van der Waals surface area contributed by atoms with Crippen LogP contribution in [0.5, 0.6) is 0 Å². The first kappa shape index (κ1) is 8.55. The lowest BCUT2D eigenvalue weighted by Crippen LogP contribution is -2.29. The molecule has 2 atom stereocenters. The Bertz CT molecular complexity index is 83.0. The summed E-state index contributed by atoms with van der Waals surface area (Å²) in [7, 11) is 0. The van der Waals surface area contributed by atoms with E-state index >= 15 is 0 Å². The van der Waals surface area contributed by atoms with Crippen molar-refractivity contribution >= 4 is 6.29 Å². The SMILES string of the molecule is O=CC[C@H](O)[C@H](O)[13CH2]O. The predicted molar refractivity (Wildman–Crippen MR) is 29.8 cm³/mol. The predicted octanol–water partition coefficient (Wildman–Crippen LogP) is -1.71. The molecule has 0 aliphatic rings. The molecule has 0 aromatic heterocycles. The van der Waals surface area contributed by atoms with Crippen LogP contribution in [0.2, 0.25) is 0 Å². The molecule has 0 fully saturated rings. The molecule has 0 unspecified atom stereocenters. The van der Waals surface area contributed by atoms with E-state index in [1.165, 1.54) is 0 Å². The van der Waals surface area contributed by atoms with E-state index in [1.54, 1.807) is 0 Å². The molecule has 0 heterocycles. The molecular formula is C5H10O4. The van der Waals surface area contributed by atoms with Gasteiger partial charge >= 0.3 is 0 Å². The first-order valence-corrected chi connectivity index (χ1v) is 2.63. The van der Waals surface area contributed by atoms with Gasteiger partial charge < -0.3 is 20.1 Å². The number of aldehydes is 1. The van der Waals surface area contributed by atoms with Gasteiger partial charge in [0.2, 0.25) is 0 Å². The Hall–Kier alpha value is -0.450. The Morgan fingerprint density at radius 1 is 1.33 bits per heavy atom. The van der Waals surface area contributed by atoms with Gasteiger partial charge in [0.1, 0.15) is 12.4 Å². The molecule has 0 aliphatic carbocycles. The van der Waals surface area contributed by atoms with E-state index in [9.17, 15) is 4.79 Å². The van der Waals surface area contributed by atoms with Gasteiger partial charge in [0.15, 0.2) is 0 Å². The highest BCUT2D eigenvalue weighted by atomic mass is 16.4.